The summed E-state index contributed by atoms with van der Waals surface area (Å²) >= 11 is 0. The second kappa shape index (κ2) is 5.50. The maximum absolute atomic E-state index is 10.9. The third kappa shape index (κ3) is 3.86. The van der Waals surface area contributed by atoms with Gasteiger partial charge in [0, 0.05) is 4.91 Å². The molecule has 3 unspecified atom stereocenters. The van der Waals surface area contributed by atoms with E-state index in [0.717, 1.165) is 0 Å². The third-order valence-corrected chi connectivity index (χ3v) is 1.44. The summed E-state index contributed by atoms with van der Waals surface area (Å²) in [5, 5.41) is 29.8. The molecule has 0 spiro atoms. The second-order valence-corrected chi connectivity index (χ2v) is 2.53. The highest BCUT2D eigenvalue weighted by Crippen LogP contribution is 2.01. The van der Waals surface area contributed by atoms with E-state index < -0.39 is 30.6 Å². The molecule has 3 atom stereocenters. The molecule has 0 saturated carbocycles. The Labute approximate surface area is 74.2 Å². The van der Waals surface area contributed by atoms with Gasteiger partial charge in [0.25, 0.3) is 0 Å². The average molecular weight is 189 g/mol. The van der Waals surface area contributed by atoms with Gasteiger partial charge < -0.3 is 15.3 Å². The number of hydrogen-bond acceptors (Lipinski definition) is 5. The van der Waals surface area contributed by atoms with Crippen LogP contribution in [-0.4, -0.2) is 46.0 Å². The molecular weight excluding hydrogens is 178 g/mol. The Morgan fingerprint density at radius 3 is 2.46 bits per heavy atom. The number of ketones is 1. The molecular formula is C6H11N3O4. The molecule has 0 aromatic rings. The highest BCUT2D eigenvalue weighted by atomic mass is 16.4. The minimum Gasteiger partial charge on any atom is -0.391 e. The Morgan fingerprint density at radius 2 is 2.08 bits per heavy atom. The zero-order valence-corrected chi connectivity index (χ0v) is 7.03. The van der Waals surface area contributed by atoms with E-state index in [2.05, 4.69) is 10.0 Å². The van der Waals surface area contributed by atoms with Crippen molar-refractivity contribution in [2.24, 2.45) is 5.11 Å². The largest absolute Gasteiger partial charge is 0.391 e. The first kappa shape index (κ1) is 11.9. The maximum atomic E-state index is 10.9. The van der Waals surface area contributed by atoms with E-state index in [4.69, 9.17) is 20.9 Å². The predicted octanol–water partition coefficient (Wildman–Crippen LogP) is -1.03. The molecule has 0 aromatic heterocycles. The Morgan fingerprint density at radius 1 is 1.54 bits per heavy atom. The summed E-state index contributed by atoms with van der Waals surface area (Å²) in [5.74, 6) is -0.828. The fraction of sp³-hybridized carbons (Fsp3) is 0.833. The van der Waals surface area contributed by atoms with E-state index >= 15 is 0 Å². The molecule has 0 saturated heterocycles. The Balaban J connectivity index is 4.16. The van der Waals surface area contributed by atoms with Gasteiger partial charge in [0.2, 0.25) is 0 Å². The van der Waals surface area contributed by atoms with Crippen LogP contribution < -0.4 is 0 Å². The molecule has 0 bridgehead atoms. The molecule has 3 N–H and O–H groups in total. The van der Waals surface area contributed by atoms with Crippen molar-refractivity contribution in [3.05, 3.63) is 10.4 Å². The lowest BCUT2D eigenvalue weighted by Gasteiger charge is -2.18. The van der Waals surface area contributed by atoms with Crippen LogP contribution in [0.15, 0.2) is 5.11 Å². The average Bonchev–Trinajstić information content (AvgIpc) is 2.11. The van der Waals surface area contributed by atoms with Crippen molar-refractivity contribution >= 4 is 5.78 Å². The molecule has 74 valence electrons. The summed E-state index contributed by atoms with van der Waals surface area (Å²) in [7, 11) is 0. The number of Topliss-reactive ketones (excluding diaryl/α,β-unsaturated/α-hetero) is 1. The zero-order chi connectivity index (χ0) is 10.4. The Bertz CT molecular complexity index is 224. The van der Waals surface area contributed by atoms with Crippen molar-refractivity contribution in [1.82, 2.24) is 0 Å². The molecule has 0 aliphatic rings. The minimum absolute atomic E-state index is 0.540. The topological polar surface area (TPSA) is 127 Å². The SMILES string of the molecule is CC(O)C(O)C(O)C(=O)CN=[N+]=[N-]. The third-order valence-electron chi connectivity index (χ3n) is 1.44. The van der Waals surface area contributed by atoms with Crippen molar-refractivity contribution in [2.75, 3.05) is 6.54 Å². The van der Waals surface area contributed by atoms with Crippen LogP contribution in [-0.2, 0) is 4.79 Å². The lowest BCUT2D eigenvalue weighted by Crippen LogP contribution is -2.41. The van der Waals surface area contributed by atoms with Crippen LogP contribution >= 0.6 is 0 Å². The molecule has 7 nitrogen and oxygen atoms in total. The lowest BCUT2D eigenvalue weighted by atomic mass is 10.1. The summed E-state index contributed by atoms with van der Waals surface area (Å²) in [6.07, 6.45) is -4.49. The van der Waals surface area contributed by atoms with E-state index in [1.807, 2.05) is 0 Å². The van der Waals surface area contributed by atoms with Gasteiger partial charge in [-0.25, -0.2) is 0 Å². The van der Waals surface area contributed by atoms with Crippen LogP contribution in [0.25, 0.3) is 10.4 Å². The summed E-state index contributed by atoms with van der Waals surface area (Å²) in [6, 6.07) is 0. The Kier molecular flexibility index (Phi) is 5.01. The smallest absolute Gasteiger partial charge is 0.169 e. The summed E-state index contributed by atoms with van der Waals surface area (Å²) < 4.78 is 0. The summed E-state index contributed by atoms with van der Waals surface area (Å²) in [4.78, 5) is 13.2. The van der Waals surface area contributed by atoms with E-state index in [1.165, 1.54) is 6.92 Å². The number of hydrogen-bond donors (Lipinski definition) is 3. The number of azide groups is 1. The highest BCUT2D eigenvalue weighted by Gasteiger charge is 2.26. The van der Waals surface area contributed by atoms with Gasteiger partial charge in [0.15, 0.2) is 5.78 Å². The number of carbonyl (C=O) groups excluding carboxylic acids is 1. The molecule has 0 aliphatic carbocycles. The van der Waals surface area contributed by atoms with E-state index in [-0.39, 0.29) is 0 Å². The van der Waals surface area contributed by atoms with Gasteiger partial charge in [-0.3, -0.25) is 4.79 Å². The van der Waals surface area contributed by atoms with Gasteiger partial charge in [0.1, 0.15) is 12.2 Å². The van der Waals surface area contributed by atoms with Gasteiger partial charge in [-0.15, -0.1) is 0 Å². The number of aliphatic hydroxyl groups excluding tert-OH is 3. The fourth-order valence-corrected chi connectivity index (χ4v) is 0.649. The lowest BCUT2D eigenvalue weighted by molar-refractivity contribution is -0.136. The molecule has 0 amide bonds. The molecule has 0 rings (SSSR count). The molecule has 0 heterocycles. The number of aliphatic hydroxyl groups is 3. The van der Waals surface area contributed by atoms with Crippen LogP contribution in [0.3, 0.4) is 0 Å². The molecule has 7 heteroatoms. The second-order valence-electron chi connectivity index (χ2n) is 2.53. The standard InChI is InChI=1S/C6H11N3O4/c1-3(10)5(12)6(13)4(11)2-8-9-7/h3,5-6,10,12-13H,2H2,1H3. The fourth-order valence-electron chi connectivity index (χ4n) is 0.649. The van der Waals surface area contributed by atoms with Crippen LogP contribution in [0.4, 0.5) is 0 Å². The Hall–Kier alpha value is -1.14. The van der Waals surface area contributed by atoms with Gasteiger partial charge in [-0.2, -0.15) is 0 Å². The molecule has 13 heavy (non-hydrogen) atoms. The predicted molar refractivity (Wildman–Crippen MR) is 42.7 cm³/mol. The van der Waals surface area contributed by atoms with Crippen LogP contribution in [0, 0.1) is 0 Å². The normalized spacial score (nSPS) is 16.9. The molecule has 0 aromatic carbocycles. The van der Waals surface area contributed by atoms with E-state index in [9.17, 15) is 4.79 Å². The van der Waals surface area contributed by atoms with Gasteiger partial charge in [-0.1, -0.05) is 5.11 Å². The van der Waals surface area contributed by atoms with Crippen molar-refractivity contribution in [3.8, 4) is 0 Å². The monoisotopic (exact) mass is 189 g/mol. The van der Waals surface area contributed by atoms with Gasteiger partial charge in [0.05, 0.1) is 12.6 Å². The first-order valence-electron chi connectivity index (χ1n) is 3.58. The van der Waals surface area contributed by atoms with Crippen molar-refractivity contribution in [2.45, 2.75) is 25.2 Å². The van der Waals surface area contributed by atoms with Crippen molar-refractivity contribution in [3.63, 3.8) is 0 Å². The summed E-state index contributed by atoms with van der Waals surface area (Å²) in [5.41, 5.74) is 7.86. The highest BCUT2D eigenvalue weighted by molar-refractivity contribution is 5.85. The van der Waals surface area contributed by atoms with Gasteiger partial charge >= 0.3 is 0 Å². The first-order valence-corrected chi connectivity index (χ1v) is 3.58. The molecule has 0 aliphatic heterocycles. The minimum atomic E-state index is -1.72. The van der Waals surface area contributed by atoms with Crippen molar-refractivity contribution < 1.29 is 20.1 Å². The quantitative estimate of drug-likeness (QED) is 0.290. The number of rotatable bonds is 5. The molecule has 0 fully saturated rings. The van der Waals surface area contributed by atoms with Crippen LogP contribution in [0.2, 0.25) is 0 Å². The van der Waals surface area contributed by atoms with E-state index in [0.29, 0.717) is 0 Å². The van der Waals surface area contributed by atoms with Crippen LogP contribution in [0.5, 0.6) is 0 Å². The number of carbonyl (C=O) groups is 1. The van der Waals surface area contributed by atoms with Gasteiger partial charge in [-0.05, 0) is 12.5 Å². The molecule has 0 radical (unpaired) electrons. The van der Waals surface area contributed by atoms with Crippen LogP contribution in [0.1, 0.15) is 6.92 Å². The first-order chi connectivity index (χ1) is 6.00. The number of nitrogens with zero attached hydrogens (tertiary/aromatic N) is 3. The van der Waals surface area contributed by atoms with Crippen molar-refractivity contribution in [1.29, 1.82) is 0 Å². The van der Waals surface area contributed by atoms with E-state index in [1.54, 1.807) is 0 Å². The zero-order valence-electron chi connectivity index (χ0n) is 7.03. The summed E-state index contributed by atoms with van der Waals surface area (Å²) in [6.45, 7) is 0.691. The maximum Gasteiger partial charge on any atom is 0.169 e.